The zero-order chi connectivity index (χ0) is 16.9. The molecular weight excluding hydrogens is 288 g/mol. The van der Waals surface area contributed by atoms with E-state index in [0.29, 0.717) is 13.2 Å². The van der Waals surface area contributed by atoms with Crippen LogP contribution in [-0.4, -0.2) is 50.2 Å². The van der Waals surface area contributed by atoms with Gasteiger partial charge in [-0.1, -0.05) is 32.0 Å². The lowest BCUT2D eigenvalue weighted by Gasteiger charge is -2.19. The second-order valence-corrected chi connectivity index (χ2v) is 5.19. The first-order chi connectivity index (χ1) is 11.2. The molecule has 0 aliphatic carbocycles. The van der Waals surface area contributed by atoms with Gasteiger partial charge in [0.2, 0.25) is 0 Å². The van der Waals surface area contributed by atoms with Gasteiger partial charge in [-0.2, -0.15) is 0 Å². The summed E-state index contributed by atoms with van der Waals surface area (Å²) in [4.78, 5) is 7.06. The van der Waals surface area contributed by atoms with E-state index in [1.54, 1.807) is 0 Å². The number of para-hydroxylation sites is 1. The maximum Gasteiger partial charge on any atom is 0.191 e. The predicted molar refractivity (Wildman–Crippen MR) is 98.2 cm³/mol. The van der Waals surface area contributed by atoms with Crippen LogP contribution in [0, 0.1) is 0 Å². The molecule has 2 N–H and O–H groups in total. The van der Waals surface area contributed by atoms with Gasteiger partial charge in [-0.15, -0.1) is 0 Å². The summed E-state index contributed by atoms with van der Waals surface area (Å²) in [5, 5.41) is 6.69. The molecule has 0 fully saturated rings. The summed E-state index contributed by atoms with van der Waals surface area (Å²) in [6.45, 7) is 14.6. The van der Waals surface area contributed by atoms with E-state index in [0.717, 1.165) is 50.0 Å². The van der Waals surface area contributed by atoms with Gasteiger partial charge in [-0.05, 0) is 33.0 Å². The Hall–Kier alpha value is -1.75. The number of hydrogen-bond donors (Lipinski definition) is 2. The molecule has 1 aromatic carbocycles. The lowest BCUT2D eigenvalue weighted by Crippen LogP contribution is -2.41. The van der Waals surface area contributed by atoms with Crippen LogP contribution in [0.1, 0.15) is 33.3 Å². The number of benzene rings is 1. The number of guanidine groups is 1. The zero-order valence-electron chi connectivity index (χ0n) is 15.1. The van der Waals surface area contributed by atoms with Crippen molar-refractivity contribution in [1.82, 2.24) is 15.5 Å². The van der Waals surface area contributed by atoms with E-state index in [1.165, 1.54) is 0 Å². The molecule has 0 heterocycles. The molecule has 0 aliphatic rings. The highest BCUT2D eigenvalue weighted by Crippen LogP contribution is 2.18. The Labute approximate surface area is 141 Å². The molecule has 5 heteroatoms. The van der Waals surface area contributed by atoms with Crippen molar-refractivity contribution in [2.75, 3.05) is 39.3 Å². The summed E-state index contributed by atoms with van der Waals surface area (Å²) in [5.74, 6) is 1.77. The summed E-state index contributed by atoms with van der Waals surface area (Å²) >= 11 is 0. The van der Waals surface area contributed by atoms with Crippen LogP contribution in [0.2, 0.25) is 0 Å². The third-order valence-corrected chi connectivity index (χ3v) is 3.64. The van der Waals surface area contributed by atoms with E-state index < -0.39 is 0 Å². The minimum Gasteiger partial charge on any atom is -0.494 e. The van der Waals surface area contributed by atoms with E-state index in [9.17, 15) is 0 Å². The first-order valence-corrected chi connectivity index (χ1v) is 8.70. The molecule has 1 rings (SSSR count). The normalized spacial score (nSPS) is 11.6. The number of nitrogens with zero attached hydrogens (tertiary/aromatic N) is 2. The number of rotatable bonds is 10. The Kier molecular flexibility index (Phi) is 9.87. The van der Waals surface area contributed by atoms with E-state index in [1.807, 2.05) is 25.1 Å². The molecule has 0 amide bonds. The second-order valence-electron chi connectivity index (χ2n) is 5.19. The number of nitrogens with one attached hydrogen (secondary N) is 2. The molecule has 0 saturated carbocycles. The van der Waals surface area contributed by atoms with Gasteiger partial charge >= 0.3 is 0 Å². The summed E-state index contributed by atoms with van der Waals surface area (Å²) in [5.41, 5.74) is 1.11. The van der Waals surface area contributed by atoms with Gasteiger partial charge in [0.05, 0.1) is 13.2 Å². The zero-order valence-corrected chi connectivity index (χ0v) is 15.1. The van der Waals surface area contributed by atoms with E-state index >= 15 is 0 Å². The van der Waals surface area contributed by atoms with Crippen molar-refractivity contribution in [2.45, 2.75) is 34.2 Å². The maximum absolute atomic E-state index is 5.65. The fraction of sp³-hybridized carbons (Fsp3) is 0.611. The first-order valence-electron chi connectivity index (χ1n) is 8.70. The SMILES string of the molecule is CCNC(=NCc1ccccc1OCC)NCCN(CC)CC. The lowest BCUT2D eigenvalue weighted by atomic mass is 10.2. The minimum atomic E-state index is 0.608. The third-order valence-electron chi connectivity index (χ3n) is 3.64. The van der Waals surface area contributed by atoms with Crippen LogP contribution in [0.4, 0.5) is 0 Å². The Morgan fingerprint density at radius 1 is 1.09 bits per heavy atom. The summed E-state index contributed by atoms with van der Waals surface area (Å²) in [6, 6.07) is 8.07. The smallest absolute Gasteiger partial charge is 0.191 e. The highest BCUT2D eigenvalue weighted by Gasteiger charge is 2.04. The predicted octanol–water partition coefficient (Wildman–Crippen LogP) is 2.48. The van der Waals surface area contributed by atoms with Gasteiger partial charge in [0.15, 0.2) is 5.96 Å². The van der Waals surface area contributed by atoms with Gasteiger partial charge in [-0.3, -0.25) is 0 Å². The standard InChI is InChI=1S/C18H32N4O/c1-5-19-18(20-13-14-22(6-2)7-3)21-15-16-11-9-10-12-17(16)23-8-4/h9-12H,5-8,13-15H2,1-4H3,(H2,19,20,21). The van der Waals surface area contributed by atoms with Gasteiger partial charge in [0.1, 0.15) is 5.75 Å². The monoisotopic (exact) mass is 320 g/mol. The second kappa shape index (κ2) is 11.8. The fourth-order valence-corrected chi connectivity index (χ4v) is 2.31. The van der Waals surface area contributed by atoms with Crippen LogP contribution in [0.25, 0.3) is 0 Å². The van der Waals surface area contributed by atoms with Gasteiger partial charge < -0.3 is 20.3 Å². The van der Waals surface area contributed by atoms with Crippen molar-refractivity contribution in [1.29, 1.82) is 0 Å². The average molecular weight is 320 g/mol. The van der Waals surface area contributed by atoms with Crippen molar-refractivity contribution in [2.24, 2.45) is 4.99 Å². The Morgan fingerprint density at radius 2 is 1.83 bits per heavy atom. The van der Waals surface area contributed by atoms with Crippen molar-refractivity contribution < 1.29 is 4.74 Å². The largest absolute Gasteiger partial charge is 0.494 e. The summed E-state index contributed by atoms with van der Waals surface area (Å²) in [6.07, 6.45) is 0. The molecule has 0 aliphatic heterocycles. The van der Waals surface area contributed by atoms with Crippen molar-refractivity contribution in [3.63, 3.8) is 0 Å². The van der Waals surface area contributed by atoms with Crippen molar-refractivity contribution >= 4 is 5.96 Å². The van der Waals surface area contributed by atoms with Gasteiger partial charge in [-0.25, -0.2) is 4.99 Å². The van der Waals surface area contributed by atoms with E-state index in [-0.39, 0.29) is 0 Å². The van der Waals surface area contributed by atoms with Crippen LogP contribution in [0.3, 0.4) is 0 Å². The molecule has 0 radical (unpaired) electrons. The number of ether oxygens (including phenoxy) is 1. The molecule has 0 unspecified atom stereocenters. The molecule has 23 heavy (non-hydrogen) atoms. The number of hydrogen-bond acceptors (Lipinski definition) is 3. The van der Waals surface area contributed by atoms with Crippen LogP contribution < -0.4 is 15.4 Å². The molecule has 130 valence electrons. The topological polar surface area (TPSA) is 48.9 Å². The minimum absolute atomic E-state index is 0.608. The Balaban J connectivity index is 2.61. The quantitative estimate of drug-likeness (QED) is 0.514. The van der Waals surface area contributed by atoms with Crippen LogP contribution in [-0.2, 0) is 6.54 Å². The maximum atomic E-state index is 5.65. The van der Waals surface area contributed by atoms with Gasteiger partial charge in [0, 0.05) is 25.2 Å². The van der Waals surface area contributed by atoms with Crippen LogP contribution in [0.15, 0.2) is 29.3 Å². The first kappa shape index (κ1) is 19.3. The molecule has 0 saturated heterocycles. The third kappa shape index (κ3) is 7.37. The summed E-state index contributed by atoms with van der Waals surface area (Å²) in [7, 11) is 0. The molecule has 5 nitrogen and oxygen atoms in total. The summed E-state index contributed by atoms with van der Waals surface area (Å²) < 4.78 is 5.65. The molecule has 0 aromatic heterocycles. The Bertz CT molecular complexity index is 458. The average Bonchev–Trinajstić information content (AvgIpc) is 2.58. The molecule has 0 atom stereocenters. The molecule has 0 spiro atoms. The Morgan fingerprint density at radius 3 is 2.48 bits per heavy atom. The van der Waals surface area contributed by atoms with Gasteiger partial charge in [0.25, 0.3) is 0 Å². The lowest BCUT2D eigenvalue weighted by molar-refractivity contribution is 0.308. The molecule has 1 aromatic rings. The molecule has 0 bridgehead atoms. The fourth-order valence-electron chi connectivity index (χ4n) is 2.31. The number of aliphatic imine (C=N–C) groups is 1. The van der Waals surface area contributed by atoms with E-state index in [4.69, 9.17) is 4.74 Å². The van der Waals surface area contributed by atoms with Crippen LogP contribution in [0.5, 0.6) is 5.75 Å². The van der Waals surface area contributed by atoms with Crippen molar-refractivity contribution in [3.8, 4) is 5.75 Å². The van der Waals surface area contributed by atoms with Crippen molar-refractivity contribution in [3.05, 3.63) is 29.8 Å². The highest BCUT2D eigenvalue weighted by atomic mass is 16.5. The molecular formula is C18H32N4O. The highest BCUT2D eigenvalue weighted by molar-refractivity contribution is 5.79. The van der Waals surface area contributed by atoms with Crippen LogP contribution >= 0.6 is 0 Å². The number of likely N-dealkylation sites (N-methyl/N-ethyl adjacent to an activating group) is 1. The van der Waals surface area contributed by atoms with E-state index in [2.05, 4.69) is 47.4 Å².